The lowest BCUT2D eigenvalue weighted by Crippen LogP contribution is -2.50. The fraction of sp³-hybridized carbons (Fsp3) is 0.812. The number of alkyl halides is 3. The highest BCUT2D eigenvalue weighted by Crippen LogP contribution is 2.45. The Kier molecular flexibility index (Phi) is 4.78. The Bertz CT molecular complexity index is 569. The van der Waals surface area contributed by atoms with Crippen LogP contribution in [0.3, 0.4) is 0 Å². The van der Waals surface area contributed by atoms with Gasteiger partial charge in [-0.2, -0.15) is 13.2 Å². The fourth-order valence-corrected chi connectivity index (χ4v) is 3.75. The second-order valence-electron chi connectivity index (χ2n) is 7.43. The standard InChI is InChI=1S/C16H24F3N5O/c1-11(2)23-7-3-12(4-8-23)10-24(14(25)16(17,18)19)13-9-15(13)5-6-20-22-21-15/h5-6,11-13H,3-4,7-10H2,1-2H3,(H,20,21)/t13-,15-/m1/s1. The Hall–Kier alpha value is -1.64. The minimum Gasteiger partial charge on any atom is -0.329 e. The molecule has 2 heterocycles. The average Bonchev–Trinajstić information content (AvgIpc) is 3.24. The molecule has 1 aliphatic carbocycles. The zero-order valence-electron chi connectivity index (χ0n) is 14.5. The summed E-state index contributed by atoms with van der Waals surface area (Å²) in [7, 11) is 0. The first-order valence-corrected chi connectivity index (χ1v) is 8.69. The Labute approximate surface area is 145 Å². The first-order valence-electron chi connectivity index (χ1n) is 8.69. The molecule has 0 radical (unpaired) electrons. The van der Waals surface area contributed by atoms with E-state index in [0.29, 0.717) is 12.5 Å². The van der Waals surface area contributed by atoms with Gasteiger partial charge in [-0.1, -0.05) is 5.22 Å². The van der Waals surface area contributed by atoms with Gasteiger partial charge in [-0.15, -0.1) is 5.11 Å². The molecular weight excluding hydrogens is 335 g/mol. The van der Waals surface area contributed by atoms with E-state index in [9.17, 15) is 18.0 Å². The molecule has 0 aromatic rings. The van der Waals surface area contributed by atoms with E-state index in [2.05, 4.69) is 34.5 Å². The van der Waals surface area contributed by atoms with Crippen molar-refractivity contribution in [2.24, 2.45) is 16.3 Å². The van der Waals surface area contributed by atoms with Gasteiger partial charge in [-0.25, -0.2) is 0 Å². The molecule has 1 amide bonds. The summed E-state index contributed by atoms with van der Waals surface area (Å²) in [4.78, 5) is 15.3. The number of halogens is 3. The van der Waals surface area contributed by atoms with Crippen molar-refractivity contribution < 1.29 is 18.0 Å². The van der Waals surface area contributed by atoms with Gasteiger partial charge in [0.1, 0.15) is 0 Å². The number of carbonyl (C=O) groups excluding carboxylic acids is 1. The first kappa shape index (κ1) is 18.2. The lowest BCUT2D eigenvalue weighted by atomic mass is 9.95. The van der Waals surface area contributed by atoms with Crippen LogP contribution in [-0.4, -0.2) is 59.1 Å². The molecule has 0 unspecified atom stereocenters. The average molecular weight is 359 g/mol. The highest BCUT2D eigenvalue weighted by molar-refractivity contribution is 5.83. The minimum absolute atomic E-state index is 0.0909. The molecule has 1 saturated carbocycles. The third-order valence-corrected chi connectivity index (χ3v) is 5.43. The number of amides is 1. The van der Waals surface area contributed by atoms with Crippen LogP contribution >= 0.6 is 0 Å². The number of hydrogen-bond donors (Lipinski definition) is 1. The summed E-state index contributed by atoms with van der Waals surface area (Å²) >= 11 is 0. The van der Waals surface area contributed by atoms with E-state index in [4.69, 9.17) is 0 Å². The molecule has 0 aromatic carbocycles. The third-order valence-electron chi connectivity index (χ3n) is 5.43. The van der Waals surface area contributed by atoms with Crippen molar-refractivity contribution in [3.05, 3.63) is 12.3 Å². The van der Waals surface area contributed by atoms with Crippen molar-refractivity contribution in [2.75, 3.05) is 19.6 Å². The minimum atomic E-state index is -4.86. The van der Waals surface area contributed by atoms with Crippen molar-refractivity contribution in [1.29, 1.82) is 0 Å². The van der Waals surface area contributed by atoms with Crippen molar-refractivity contribution in [1.82, 2.24) is 15.2 Å². The lowest BCUT2D eigenvalue weighted by molar-refractivity contribution is -0.187. The molecule has 1 spiro atoms. The maximum Gasteiger partial charge on any atom is 0.471 e. The molecule has 3 aliphatic rings. The van der Waals surface area contributed by atoms with Gasteiger partial charge in [0.15, 0.2) is 0 Å². The second kappa shape index (κ2) is 6.59. The maximum absolute atomic E-state index is 13.1. The Balaban J connectivity index is 1.67. The van der Waals surface area contributed by atoms with E-state index in [1.807, 2.05) is 0 Å². The zero-order valence-corrected chi connectivity index (χ0v) is 14.5. The van der Waals surface area contributed by atoms with Crippen molar-refractivity contribution >= 4 is 5.91 Å². The van der Waals surface area contributed by atoms with E-state index in [-0.39, 0.29) is 12.5 Å². The van der Waals surface area contributed by atoms with Gasteiger partial charge < -0.3 is 9.80 Å². The first-order chi connectivity index (χ1) is 11.7. The second-order valence-corrected chi connectivity index (χ2v) is 7.43. The summed E-state index contributed by atoms with van der Waals surface area (Å²) < 4.78 is 39.3. The highest BCUT2D eigenvalue weighted by atomic mass is 19.4. The van der Waals surface area contributed by atoms with E-state index >= 15 is 0 Å². The van der Waals surface area contributed by atoms with Crippen LogP contribution in [0.5, 0.6) is 0 Å². The van der Waals surface area contributed by atoms with Crippen LogP contribution < -0.4 is 5.43 Å². The van der Waals surface area contributed by atoms with Crippen LogP contribution in [0.1, 0.15) is 33.1 Å². The van der Waals surface area contributed by atoms with Gasteiger partial charge >= 0.3 is 12.1 Å². The predicted octanol–water partition coefficient (Wildman–Crippen LogP) is 2.49. The summed E-state index contributed by atoms with van der Waals surface area (Å²) in [6.07, 6.45) is 0.346. The van der Waals surface area contributed by atoms with Crippen LogP contribution in [0.2, 0.25) is 0 Å². The van der Waals surface area contributed by atoms with E-state index < -0.39 is 23.7 Å². The monoisotopic (exact) mass is 359 g/mol. The van der Waals surface area contributed by atoms with Gasteiger partial charge in [-0.3, -0.25) is 10.2 Å². The molecule has 1 N–H and O–H groups in total. The van der Waals surface area contributed by atoms with Crippen LogP contribution in [0.25, 0.3) is 0 Å². The van der Waals surface area contributed by atoms with Crippen LogP contribution in [0.4, 0.5) is 13.2 Å². The number of piperidine rings is 1. The summed E-state index contributed by atoms with van der Waals surface area (Å²) in [5.41, 5.74) is 2.07. The van der Waals surface area contributed by atoms with E-state index in [0.717, 1.165) is 30.8 Å². The van der Waals surface area contributed by atoms with Crippen LogP contribution in [0, 0.1) is 5.92 Å². The summed E-state index contributed by atoms with van der Waals surface area (Å²) in [5.74, 6) is -1.66. The fourth-order valence-electron chi connectivity index (χ4n) is 3.75. The molecule has 1 saturated heterocycles. The van der Waals surface area contributed by atoms with Crippen LogP contribution in [0.15, 0.2) is 22.6 Å². The molecule has 6 nitrogen and oxygen atoms in total. The SMILES string of the molecule is CC(C)N1CCC(CN(C(=O)C(F)(F)F)[C@@H]2C[C@]23C=CN=NN3)CC1. The molecular formula is C16H24F3N5O. The summed E-state index contributed by atoms with van der Waals surface area (Å²) in [6, 6.07) is -0.0947. The highest BCUT2D eigenvalue weighted by Gasteiger charge is 2.61. The molecule has 9 heteroatoms. The number of rotatable bonds is 4. The molecule has 140 valence electrons. The molecule has 0 aromatic heterocycles. The Morgan fingerprint density at radius 3 is 2.60 bits per heavy atom. The summed E-state index contributed by atoms with van der Waals surface area (Å²) in [5, 5.41) is 7.33. The Morgan fingerprint density at radius 2 is 2.08 bits per heavy atom. The van der Waals surface area contributed by atoms with Crippen LogP contribution in [-0.2, 0) is 4.79 Å². The maximum atomic E-state index is 13.1. The van der Waals surface area contributed by atoms with Crippen molar-refractivity contribution in [3.63, 3.8) is 0 Å². The molecule has 2 atom stereocenters. The van der Waals surface area contributed by atoms with E-state index in [1.54, 1.807) is 6.08 Å². The Morgan fingerprint density at radius 1 is 1.40 bits per heavy atom. The predicted molar refractivity (Wildman–Crippen MR) is 85.5 cm³/mol. The number of nitrogens with zero attached hydrogens (tertiary/aromatic N) is 4. The molecule has 2 fully saturated rings. The van der Waals surface area contributed by atoms with Gasteiger partial charge in [-0.05, 0) is 51.8 Å². The number of carbonyl (C=O) groups is 1. The topological polar surface area (TPSA) is 60.3 Å². The number of hydrogen-bond acceptors (Lipinski definition) is 5. The van der Waals surface area contributed by atoms with Gasteiger partial charge in [0.25, 0.3) is 0 Å². The van der Waals surface area contributed by atoms with Crippen molar-refractivity contribution in [3.8, 4) is 0 Å². The molecule has 0 bridgehead atoms. The van der Waals surface area contributed by atoms with Crippen molar-refractivity contribution in [2.45, 2.75) is 56.9 Å². The summed E-state index contributed by atoms with van der Waals surface area (Å²) in [6.45, 7) is 6.09. The molecule has 3 rings (SSSR count). The third kappa shape index (κ3) is 3.80. The largest absolute Gasteiger partial charge is 0.471 e. The van der Waals surface area contributed by atoms with Gasteiger partial charge in [0.2, 0.25) is 0 Å². The van der Waals surface area contributed by atoms with Gasteiger partial charge in [0, 0.05) is 25.2 Å². The van der Waals surface area contributed by atoms with Gasteiger partial charge in [0.05, 0.1) is 11.6 Å². The smallest absolute Gasteiger partial charge is 0.329 e. The number of likely N-dealkylation sites (tertiary alicyclic amines) is 1. The van der Waals surface area contributed by atoms with E-state index in [1.165, 1.54) is 6.20 Å². The number of nitrogens with one attached hydrogen (secondary N) is 1. The normalized spacial score (nSPS) is 29.9. The molecule has 25 heavy (non-hydrogen) atoms. The molecule has 2 aliphatic heterocycles. The quantitative estimate of drug-likeness (QED) is 0.839. The zero-order chi connectivity index (χ0) is 18.2. The lowest BCUT2D eigenvalue weighted by Gasteiger charge is -2.37.